The summed E-state index contributed by atoms with van der Waals surface area (Å²) < 4.78 is 5.79. The third-order valence-corrected chi connectivity index (χ3v) is 4.22. The molecule has 3 rings (SSSR count). The van der Waals surface area contributed by atoms with Crippen molar-refractivity contribution in [3.8, 4) is 0 Å². The lowest BCUT2D eigenvalue weighted by atomic mass is 10.1. The minimum Gasteiger partial charge on any atom is -0.398 e. The fourth-order valence-corrected chi connectivity index (χ4v) is 3.06. The summed E-state index contributed by atoms with van der Waals surface area (Å²) in [6, 6.07) is 6.22. The average molecular weight is 285 g/mol. The molecule has 0 amide bonds. The van der Waals surface area contributed by atoms with Gasteiger partial charge in [-0.3, -0.25) is 4.98 Å². The molecule has 0 saturated carbocycles. The van der Waals surface area contributed by atoms with Crippen molar-refractivity contribution >= 4 is 22.1 Å². The summed E-state index contributed by atoms with van der Waals surface area (Å²) >= 11 is 0. The van der Waals surface area contributed by atoms with E-state index in [0.717, 1.165) is 42.9 Å². The number of rotatable bonds is 4. The average Bonchev–Trinajstić information content (AvgIpc) is 2.98. The minimum atomic E-state index is 0.348. The van der Waals surface area contributed by atoms with Crippen LogP contribution in [0.5, 0.6) is 0 Å². The van der Waals surface area contributed by atoms with Crippen LogP contribution in [0.4, 0.5) is 11.4 Å². The number of nitrogens with zero attached hydrogens (tertiary/aromatic N) is 2. The van der Waals surface area contributed by atoms with Crippen LogP contribution >= 0.6 is 0 Å². The van der Waals surface area contributed by atoms with Crippen molar-refractivity contribution in [2.24, 2.45) is 0 Å². The van der Waals surface area contributed by atoms with Gasteiger partial charge in [0.25, 0.3) is 0 Å². The first-order valence-electron chi connectivity index (χ1n) is 7.70. The summed E-state index contributed by atoms with van der Waals surface area (Å²) in [7, 11) is 0. The quantitative estimate of drug-likeness (QED) is 0.877. The lowest BCUT2D eigenvalue weighted by Gasteiger charge is -2.27. The van der Waals surface area contributed by atoms with Gasteiger partial charge in [-0.15, -0.1) is 0 Å². The second kappa shape index (κ2) is 5.90. The highest BCUT2D eigenvalue weighted by molar-refractivity contribution is 6.01. The summed E-state index contributed by atoms with van der Waals surface area (Å²) in [6.07, 6.45) is 4.56. The Hall–Kier alpha value is -1.81. The van der Waals surface area contributed by atoms with E-state index in [1.807, 2.05) is 19.2 Å². The number of aromatic nitrogens is 1. The van der Waals surface area contributed by atoms with Crippen molar-refractivity contribution < 1.29 is 4.74 Å². The first kappa shape index (κ1) is 14.1. The third kappa shape index (κ3) is 2.81. The Morgan fingerprint density at radius 1 is 1.38 bits per heavy atom. The van der Waals surface area contributed by atoms with Crippen molar-refractivity contribution in [2.75, 3.05) is 30.3 Å². The lowest BCUT2D eigenvalue weighted by molar-refractivity contribution is 0.116. The number of benzene rings is 1. The predicted molar refractivity (Wildman–Crippen MR) is 87.8 cm³/mol. The van der Waals surface area contributed by atoms with Gasteiger partial charge in [-0.1, -0.05) is 0 Å². The Morgan fingerprint density at radius 2 is 2.24 bits per heavy atom. The molecule has 2 aromatic rings. The number of hydrogen-bond acceptors (Lipinski definition) is 4. The molecule has 0 bridgehead atoms. The molecule has 1 aromatic carbocycles. The van der Waals surface area contributed by atoms with Gasteiger partial charge in [0.15, 0.2) is 0 Å². The van der Waals surface area contributed by atoms with E-state index in [-0.39, 0.29) is 0 Å². The molecule has 0 spiro atoms. The van der Waals surface area contributed by atoms with E-state index in [2.05, 4.69) is 28.9 Å². The summed E-state index contributed by atoms with van der Waals surface area (Å²) in [5, 5.41) is 2.21. The van der Waals surface area contributed by atoms with Crippen LogP contribution in [0.1, 0.15) is 25.5 Å². The van der Waals surface area contributed by atoms with Crippen molar-refractivity contribution in [2.45, 2.75) is 32.8 Å². The third-order valence-electron chi connectivity index (χ3n) is 4.22. The summed E-state index contributed by atoms with van der Waals surface area (Å²) in [5.41, 5.74) is 9.12. The summed E-state index contributed by atoms with van der Waals surface area (Å²) in [5.74, 6) is 0. The number of nitrogen functional groups attached to an aromatic ring is 1. The summed E-state index contributed by atoms with van der Waals surface area (Å²) in [6.45, 7) is 7.00. The Morgan fingerprint density at radius 3 is 2.95 bits per heavy atom. The van der Waals surface area contributed by atoms with E-state index in [9.17, 15) is 0 Å². The maximum Gasteiger partial charge on any atom is 0.0750 e. The van der Waals surface area contributed by atoms with Gasteiger partial charge in [-0.05, 0) is 44.9 Å². The highest BCUT2D eigenvalue weighted by Gasteiger charge is 2.20. The molecule has 4 nitrogen and oxygen atoms in total. The normalized spacial score (nSPS) is 18.3. The fourth-order valence-electron chi connectivity index (χ4n) is 3.06. The molecule has 1 unspecified atom stereocenters. The molecule has 1 aliphatic rings. The standard InChI is InChI=1S/C17H23N3O/c1-3-20(11-13-5-4-8-21-13)17-7-6-16(18)15-10-19-12(2)9-14(15)17/h6-7,9-10,13H,3-5,8,11,18H2,1-2H3. The number of nitrogens with two attached hydrogens (primary N) is 1. The number of pyridine rings is 1. The number of fused-ring (bicyclic) bond motifs is 1. The van der Waals surface area contributed by atoms with Crippen LogP contribution in [0.2, 0.25) is 0 Å². The molecule has 0 aliphatic carbocycles. The van der Waals surface area contributed by atoms with Crippen LogP contribution in [0.3, 0.4) is 0 Å². The molecule has 21 heavy (non-hydrogen) atoms. The van der Waals surface area contributed by atoms with Crippen LogP contribution < -0.4 is 10.6 Å². The Kier molecular flexibility index (Phi) is 3.97. The van der Waals surface area contributed by atoms with Gasteiger partial charge in [0.1, 0.15) is 0 Å². The topological polar surface area (TPSA) is 51.4 Å². The van der Waals surface area contributed by atoms with E-state index in [4.69, 9.17) is 10.5 Å². The van der Waals surface area contributed by atoms with Crippen molar-refractivity contribution in [3.63, 3.8) is 0 Å². The van der Waals surface area contributed by atoms with Gasteiger partial charge in [-0.2, -0.15) is 0 Å². The first-order chi connectivity index (χ1) is 10.2. The number of ether oxygens (including phenoxy) is 1. The van der Waals surface area contributed by atoms with Crippen molar-refractivity contribution in [3.05, 3.63) is 30.1 Å². The van der Waals surface area contributed by atoms with Gasteiger partial charge < -0.3 is 15.4 Å². The Bertz CT molecular complexity index is 635. The van der Waals surface area contributed by atoms with E-state index in [0.29, 0.717) is 6.10 Å². The summed E-state index contributed by atoms with van der Waals surface area (Å²) in [4.78, 5) is 6.76. The largest absolute Gasteiger partial charge is 0.398 e. The molecule has 1 atom stereocenters. The predicted octanol–water partition coefficient (Wildman–Crippen LogP) is 3.13. The van der Waals surface area contributed by atoms with Crippen LogP contribution in [0.15, 0.2) is 24.4 Å². The molecule has 112 valence electrons. The lowest BCUT2D eigenvalue weighted by Crippen LogP contribution is -2.32. The van der Waals surface area contributed by atoms with E-state index >= 15 is 0 Å². The van der Waals surface area contributed by atoms with Crippen molar-refractivity contribution in [1.29, 1.82) is 0 Å². The Balaban J connectivity index is 2.00. The highest BCUT2D eigenvalue weighted by atomic mass is 16.5. The Labute approximate surface area is 125 Å². The monoisotopic (exact) mass is 285 g/mol. The molecular formula is C17H23N3O. The molecule has 1 saturated heterocycles. The van der Waals surface area contributed by atoms with Gasteiger partial charge in [0.2, 0.25) is 0 Å². The van der Waals surface area contributed by atoms with Crippen LogP contribution in [-0.2, 0) is 4.74 Å². The van der Waals surface area contributed by atoms with Crippen molar-refractivity contribution in [1.82, 2.24) is 4.98 Å². The van der Waals surface area contributed by atoms with Gasteiger partial charge in [0, 0.05) is 53.7 Å². The molecule has 4 heteroatoms. The minimum absolute atomic E-state index is 0.348. The molecule has 1 aromatic heterocycles. The number of likely N-dealkylation sites (N-methyl/N-ethyl adjacent to an activating group) is 1. The molecule has 2 heterocycles. The zero-order valence-electron chi connectivity index (χ0n) is 12.8. The zero-order valence-corrected chi connectivity index (χ0v) is 12.8. The molecular weight excluding hydrogens is 262 g/mol. The van der Waals surface area contributed by atoms with Crippen LogP contribution in [-0.4, -0.2) is 30.8 Å². The smallest absolute Gasteiger partial charge is 0.0750 e. The highest BCUT2D eigenvalue weighted by Crippen LogP contribution is 2.31. The van der Waals surface area contributed by atoms with E-state index < -0.39 is 0 Å². The van der Waals surface area contributed by atoms with Gasteiger partial charge >= 0.3 is 0 Å². The maximum absolute atomic E-state index is 6.10. The SMILES string of the molecule is CCN(CC1CCCO1)c1ccc(N)c2cnc(C)cc12. The van der Waals surface area contributed by atoms with Crippen LogP contribution in [0.25, 0.3) is 10.8 Å². The zero-order chi connectivity index (χ0) is 14.8. The molecule has 1 fully saturated rings. The number of anilines is 2. The maximum atomic E-state index is 6.10. The molecule has 0 radical (unpaired) electrons. The van der Waals surface area contributed by atoms with Crippen LogP contribution in [0, 0.1) is 6.92 Å². The molecule has 1 aliphatic heterocycles. The molecule has 2 N–H and O–H groups in total. The van der Waals surface area contributed by atoms with Gasteiger partial charge in [0.05, 0.1) is 6.10 Å². The number of hydrogen-bond donors (Lipinski definition) is 1. The second-order valence-corrected chi connectivity index (χ2v) is 5.72. The fraction of sp³-hybridized carbons (Fsp3) is 0.471. The number of aryl methyl sites for hydroxylation is 1. The van der Waals surface area contributed by atoms with E-state index in [1.54, 1.807) is 0 Å². The second-order valence-electron chi connectivity index (χ2n) is 5.72. The van der Waals surface area contributed by atoms with Gasteiger partial charge in [-0.25, -0.2) is 0 Å². The first-order valence-corrected chi connectivity index (χ1v) is 7.70. The van der Waals surface area contributed by atoms with E-state index in [1.165, 1.54) is 17.5 Å².